The third kappa shape index (κ3) is 2.18. The zero-order valence-electron chi connectivity index (χ0n) is 7.16. The number of rotatable bonds is 2. The number of carbonyl (C=O) groups is 1. The van der Waals surface area contributed by atoms with Gasteiger partial charge in [0.2, 0.25) is 6.17 Å². The molecule has 1 rings (SSSR count). The third-order valence-electron chi connectivity index (χ3n) is 1.64. The van der Waals surface area contributed by atoms with Crippen LogP contribution in [0.4, 0.5) is 10.1 Å². The molecule has 1 aromatic rings. The van der Waals surface area contributed by atoms with Gasteiger partial charge in [0.25, 0.3) is 0 Å². The SMILES string of the molecule is COC(=O)C(F)c1ccc(N)cc1. The minimum Gasteiger partial charge on any atom is -0.467 e. The molecule has 4 heteroatoms. The zero-order chi connectivity index (χ0) is 9.84. The number of benzene rings is 1. The highest BCUT2D eigenvalue weighted by molar-refractivity contribution is 5.76. The predicted octanol–water partition coefficient (Wildman–Crippen LogP) is 1.45. The molecule has 70 valence electrons. The number of ether oxygens (including phenoxy) is 1. The number of esters is 1. The Bertz CT molecular complexity index is 297. The Morgan fingerprint density at radius 3 is 2.46 bits per heavy atom. The van der Waals surface area contributed by atoms with E-state index in [2.05, 4.69) is 4.74 Å². The summed E-state index contributed by atoms with van der Waals surface area (Å²) in [6, 6.07) is 5.98. The first-order valence-electron chi connectivity index (χ1n) is 3.72. The summed E-state index contributed by atoms with van der Waals surface area (Å²) in [6.07, 6.45) is -1.73. The van der Waals surface area contributed by atoms with Crippen molar-refractivity contribution in [3.05, 3.63) is 29.8 Å². The second-order valence-electron chi connectivity index (χ2n) is 2.55. The molecule has 1 aromatic carbocycles. The van der Waals surface area contributed by atoms with Crippen LogP contribution < -0.4 is 5.73 Å². The van der Waals surface area contributed by atoms with Crippen molar-refractivity contribution in [1.82, 2.24) is 0 Å². The average molecular weight is 183 g/mol. The Balaban J connectivity index is 2.83. The molecule has 13 heavy (non-hydrogen) atoms. The average Bonchev–Trinajstić information content (AvgIpc) is 2.17. The Kier molecular flexibility index (Phi) is 2.84. The first kappa shape index (κ1) is 9.51. The lowest BCUT2D eigenvalue weighted by atomic mass is 10.1. The molecule has 0 fully saturated rings. The molecular formula is C9H10FNO2. The van der Waals surface area contributed by atoms with Crippen molar-refractivity contribution in [3.63, 3.8) is 0 Å². The first-order chi connectivity index (χ1) is 6.15. The topological polar surface area (TPSA) is 52.3 Å². The molecule has 0 amide bonds. The van der Waals surface area contributed by atoms with E-state index in [1.54, 1.807) is 0 Å². The Morgan fingerprint density at radius 2 is 2.00 bits per heavy atom. The van der Waals surface area contributed by atoms with Gasteiger partial charge >= 0.3 is 5.97 Å². The molecule has 0 aliphatic heterocycles. The van der Waals surface area contributed by atoms with Gasteiger partial charge in [-0.2, -0.15) is 0 Å². The standard InChI is InChI=1S/C9H10FNO2/c1-13-9(12)8(10)6-2-4-7(11)5-3-6/h2-5,8H,11H2,1H3. The van der Waals surface area contributed by atoms with Crippen LogP contribution in [0, 0.1) is 0 Å². The van der Waals surface area contributed by atoms with Crippen molar-refractivity contribution in [2.75, 3.05) is 12.8 Å². The van der Waals surface area contributed by atoms with Gasteiger partial charge in [-0.3, -0.25) is 0 Å². The molecule has 2 N–H and O–H groups in total. The van der Waals surface area contributed by atoms with Gasteiger partial charge < -0.3 is 10.5 Å². The van der Waals surface area contributed by atoms with Crippen molar-refractivity contribution in [2.24, 2.45) is 0 Å². The van der Waals surface area contributed by atoms with Crippen LogP contribution in [0.1, 0.15) is 11.7 Å². The number of anilines is 1. The van der Waals surface area contributed by atoms with E-state index in [-0.39, 0.29) is 5.56 Å². The van der Waals surface area contributed by atoms with Crippen LogP contribution in [0.15, 0.2) is 24.3 Å². The van der Waals surface area contributed by atoms with E-state index in [1.165, 1.54) is 24.3 Å². The van der Waals surface area contributed by atoms with E-state index >= 15 is 0 Å². The molecule has 3 nitrogen and oxygen atoms in total. The second kappa shape index (κ2) is 3.89. The second-order valence-corrected chi connectivity index (χ2v) is 2.55. The van der Waals surface area contributed by atoms with Gasteiger partial charge in [0.1, 0.15) is 0 Å². The molecule has 0 aromatic heterocycles. The molecule has 0 spiro atoms. The normalized spacial score (nSPS) is 12.2. The van der Waals surface area contributed by atoms with Crippen molar-refractivity contribution < 1.29 is 13.9 Å². The third-order valence-corrected chi connectivity index (χ3v) is 1.64. The molecule has 0 saturated carbocycles. The molecule has 1 unspecified atom stereocenters. The van der Waals surface area contributed by atoms with Crippen molar-refractivity contribution >= 4 is 11.7 Å². The summed E-state index contributed by atoms with van der Waals surface area (Å²) in [5, 5.41) is 0. The fraction of sp³-hybridized carbons (Fsp3) is 0.222. The van der Waals surface area contributed by atoms with Gasteiger partial charge in [-0.1, -0.05) is 12.1 Å². The lowest BCUT2D eigenvalue weighted by Crippen LogP contribution is -2.09. The van der Waals surface area contributed by atoms with E-state index in [9.17, 15) is 9.18 Å². The number of nitrogen functional groups attached to an aromatic ring is 1. The number of alkyl halides is 1. The summed E-state index contributed by atoms with van der Waals surface area (Å²) >= 11 is 0. The summed E-state index contributed by atoms with van der Waals surface area (Å²) in [6.45, 7) is 0. The fourth-order valence-electron chi connectivity index (χ4n) is 0.905. The molecule has 1 atom stereocenters. The van der Waals surface area contributed by atoms with Crippen LogP contribution in [0.2, 0.25) is 0 Å². The zero-order valence-corrected chi connectivity index (χ0v) is 7.16. The van der Waals surface area contributed by atoms with E-state index in [4.69, 9.17) is 5.73 Å². The van der Waals surface area contributed by atoms with E-state index in [0.717, 1.165) is 7.11 Å². The van der Waals surface area contributed by atoms with Crippen LogP contribution in [0.25, 0.3) is 0 Å². The van der Waals surface area contributed by atoms with Gasteiger partial charge in [0, 0.05) is 5.69 Å². The van der Waals surface area contributed by atoms with Gasteiger partial charge in [-0.15, -0.1) is 0 Å². The predicted molar refractivity (Wildman–Crippen MR) is 46.7 cm³/mol. The van der Waals surface area contributed by atoms with Crippen LogP contribution in [0.3, 0.4) is 0 Å². The lowest BCUT2D eigenvalue weighted by molar-refractivity contribution is -0.146. The van der Waals surface area contributed by atoms with Crippen LogP contribution in [-0.2, 0) is 9.53 Å². The number of hydrogen-bond donors (Lipinski definition) is 1. The molecular weight excluding hydrogens is 173 g/mol. The van der Waals surface area contributed by atoms with Crippen LogP contribution >= 0.6 is 0 Å². The number of hydrogen-bond acceptors (Lipinski definition) is 3. The van der Waals surface area contributed by atoms with Gasteiger partial charge in [-0.25, -0.2) is 9.18 Å². The number of carbonyl (C=O) groups excluding carboxylic acids is 1. The van der Waals surface area contributed by atoms with Crippen molar-refractivity contribution in [3.8, 4) is 0 Å². The minimum absolute atomic E-state index is 0.251. The van der Waals surface area contributed by atoms with E-state index < -0.39 is 12.1 Å². The number of nitrogens with two attached hydrogens (primary N) is 1. The highest BCUT2D eigenvalue weighted by Crippen LogP contribution is 2.19. The quantitative estimate of drug-likeness (QED) is 0.557. The Labute approximate surface area is 75.3 Å². The van der Waals surface area contributed by atoms with E-state index in [1.807, 2.05) is 0 Å². The van der Waals surface area contributed by atoms with Crippen LogP contribution in [-0.4, -0.2) is 13.1 Å². The summed E-state index contributed by atoms with van der Waals surface area (Å²) in [5.41, 5.74) is 6.18. The van der Waals surface area contributed by atoms with Crippen molar-refractivity contribution in [1.29, 1.82) is 0 Å². The lowest BCUT2D eigenvalue weighted by Gasteiger charge is -2.05. The molecule has 0 bridgehead atoms. The summed E-state index contributed by atoms with van der Waals surface area (Å²) < 4.78 is 17.4. The Morgan fingerprint density at radius 1 is 1.46 bits per heavy atom. The highest BCUT2D eigenvalue weighted by atomic mass is 19.1. The van der Waals surface area contributed by atoms with Crippen molar-refractivity contribution in [2.45, 2.75) is 6.17 Å². The molecule has 0 aliphatic carbocycles. The summed E-state index contributed by atoms with van der Waals surface area (Å²) in [4.78, 5) is 10.8. The minimum atomic E-state index is -1.73. The monoisotopic (exact) mass is 183 g/mol. The van der Waals surface area contributed by atoms with E-state index in [0.29, 0.717) is 5.69 Å². The molecule has 0 heterocycles. The maximum atomic E-state index is 13.1. The maximum Gasteiger partial charge on any atom is 0.345 e. The molecule has 0 radical (unpaired) electrons. The van der Waals surface area contributed by atoms with Gasteiger partial charge in [0.05, 0.1) is 7.11 Å². The Hall–Kier alpha value is -1.58. The molecule has 0 saturated heterocycles. The molecule has 0 aliphatic rings. The fourth-order valence-corrected chi connectivity index (χ4v) is 0.905. The van der Waals surface area contributed by atoms with Crippen LogP contribution in [0.5, 0.6) is 0 Å². The summed E-state index contributed by atoms with van der Waals surface area (Å²) in [5.74, 6) is -0.898. The largest absolute Gasteiger partial charge is 0.467 e. The first-order valence-corrected chi connectivity index (χ1v) is 3.72. The number of halogens is 1. The maximum absolute atomic E-state index is 13.1. The number of methoxy groups -OCH3 is 1. The van der Waals surface area contributed by atoms with Gasteiger partial charge in [0.15, 0.2) is 0 Å². The summed E-state index contributed by atoms with van der Waals surface area (Å²) in [7, 11) is 1.15. The highest BCUT2D eigenvalue weighted by Gasteiger charge is 2.19. The van der Waals surface area contributed by atoms with Gasteiger partial charge in [-0.05, 0) is 17.7 Å². The smallest absolute Gasteiger partial charge is 0.345 e.